The molecule has 2 aliphatic heterocycles. The van der Waals surface area contributed by atoms with E-state index >= 15 is 0 Å². The zero-order chi connectivity index (χ0) is 26.5. The van der Waals surface area contributed by atoms with Gasteiger partial charge >= 0.3 is 6.18 Å². The molecule has 1 aromatic heterocycles. The van der Waals surface area contributed by atoms with Gasteiger partial charge in [0.25, 0.3) is 17.7 Å². The van der Waals surface area contributed by atoms with E-state index in [1.165, 1.54) is 47.5 Å². The second-order valence-electron chi connectivity index (χ2n) is 8.69. The highest BCUT2D eigenvalue weighted by Gasteiger charge is 2.46. The SMILES string of the molecule is O=C(c1ccc(N2Cc3c(ccnc3-c3ccc(F)cc3OCC(F)(F)F)C2=O)cc1)N1CC(F)(F)C1. The van der Waals surface area contributed by atoms with Crippen molar-refractivity contribution in [1.82, 2.24) is 9.88 Å². The lowest BCUT2D eigenvalue weighted by Crippen LogP contribution is -2.58. The van der Waals surface area contributed by atoms with Crippen LogP contribution in [0.4, 0.5) is 32.0 Å². The van der Waals surface area contributed by atoms with Crippen LogP contribution in [0.3, 0.4) is 0 Å². The molecule has 1 fully saturated rings. The summed E-state index contributed by atoms with van der Waals surface area (Å²) in [4.78, 5) is 32.1. The van der Waals surface area contributed by atoms with Crippen LogP contribution in [-0.4, -0.2) is 53.5 Å². The predicted molar refractivity (Wildman–Crippen MR) is 119 cm³/mol. The Morgan fingerprint density at radius 3 is 2.38 bits per heavy atom. The molecule has 3 aromatic rings. The van der Waals surface area contributed by atoms with Crippen molar-refractivity contribution in [3.05, 3.63) is 77.2 Å². The Balaban J connectivity index is 1.41. The Hall–Kier alpha value is -4.09. The van der Waals surface area contributed by atoms with E-state index in [4.69, 9.17) is 4.74 Å². The number of pyridine rings is 1. The smallest absolute Gasteiger partial charge is 0.422 e. The van der Waals surface area contributed by atoms with Crippen molar-refractivity contribution in [3.63, 3.8) is 0 Å². The largest absolute Gasteiger partial charge is 0.483 e. The summed E-state index contributed by atoms with van der Waals surface area (Å²) in [6.45, 7) is -2.94. The maximum Gasteiger partial charge on any atom is 0.422 e. The first-order valence-corrected chi connectivity index (χ1v) is 11.0. The number of fused-ring (bicyclic) bond motifs is 1. The van der Waals surface area contributed by atoms with Crippen LogP contribution in [0.1, 0.15) is 26.3 Å². The summed E-state index contributed by atoms with van der Waals surface area (Å²) < 4.78 is 83.0. The lowest BCUT2D eigenvalue weighted by atomic mass is 10.0. The van der Waals surface area contributed by atoms with E-state index in [9.17, 15) is 35.9 Å². The number of aromatic nitrogens is 1. The van der Waals surface area contributed by atoms with E-state index in [-0.39, 0.29) is 34.7 Å². The maximum absolute atomic E-state index is 13.8. The summed E-state index contributed by atoms with van der Waals surface area (Å²) in [6, 6.07) is 10.4. The van der Waals surface area contributed by atoms with Crippen molar-refractivity contribution < 1.29 is 40.7 Å². The van der Waals surface area contributed by atoms with Crippen molar-refractivity contribution in [1.29, 1.82) is 0 Å². The third-order valence-corrected chi connectivity index (χ3v) is 6.00. The number of ether oxygens (including phenoxy) is 1. The molecule has 0 radical (unpaired) electrons. The summed E-state index contributed by atoms with van der Waals surface area (Å²) in [5.74, 6) is -5.04. The standard InChI is InChI=1S/C25H17F6N3O3/c26-15-3-6-18(20(9-15)37-13-25(29,30)31)21-19-10-34(23(36)17(19)7-8-32-21)16-4-1-14(2-5-16)22(35)33-11-24(27,28)12-33/h1-9H,10-13H2. The van der Waals surface area contributed by atoms with Crippen molar-refractivity contribution in [3.8, 4) is 17.0 Å². The van der Waals surface area contributed by atoms with Gasteiger partial charge in [0.2, 0.25) is 0 Å². The highest BCUT2D eigenvalue weighted by molar-refractivity contribution is 6.11. The van der Waals surface area contributed by atoms with Gasteiger partial charge in [-0.25, -0.2) is 13.2 Å². The van der Waals surface area contributed by atoms with Gasteiger partial charge in [-0.1, -0.05) is 0 Å². The van der Waals surface area contributed by atoms with Crippen LogP contribution >= 0.6 is 0 Å². The van der Waals surface area contributed by atoms with Gasteiger partial charge in [0, 0.05) is 40.2 Å². The molecule has 3 heterocycles. The number of rotatable bonds is 5. The molecule has 0 saturated carbocycles. The topological polar surface area (TPSA) is 62.7 Å². The molecule has 12 heteroatoms. The molecule has 6 nitrogen and oxygen atoms in total. The number of halogens is 6. The first kappa shape index (κ1) is 24.6. The molecule has 5 rings (SSSR count). The number of carbonyl (C=O) groups is 2. The predicted octanol–water partition coefficient (Wildman–Crippen LogP) is 5.08. The molecule has 1 saturated heterocycles. The van der Waals surface area contributed by atoms with Crippen molar-refractivity contribution in [2.75, 3.05) is 24.6 Å². The van der Waals surface area contributed by atoms with Gasteiger partial charge in [-0.05, 0) is 42.5 Å². The lowest BCUT2D eigenvalue weighted by Gasteiger charge is -2.38. The van der Waals surface area contributed by atoms with Crippen LogP contribution in [0.25, 0.3) is 11.3 Å². The van der Waals surface area contributed by atoms with E-state index < -0.39 is 49.4 Å². The second-order valence-corrected chi connectivity index (χ2v) is 8.69. The van der Waals surface area contributed by atoms with Crippen molar-refractivity contribution in [2.45, 2.75) is 18.6 Å². The molecule has 0 bridgehead atoms. The monoisotopic (exact) mass is 521 g/mol. The Kier molecular flexibility index (Phi) is 5.84. The molecule has 0 spiro atoms. The van der Waals surface area contributed by atoms with Gasteiger partial charge in [0.05, 0.1) is 25.3 Å². The molecule has 2 aromatic carbocycles. The van der Waals surface area contributed by atoms with Crippen molar-refractivity contribution >= 4 is 17.5 Å². The molecule has 0 atom stereocenters. The first-order valence-electron chi connectivity index (χ1n) is 11.0. The first-order chi connectivity index (χ1) is 17.4. The molecule has 192 valence electrons. The normalized spacial score (nSPS) is 16.4. The molecule has 0 aliphatic carbocycles. The fourth-order valence-corrected chi connectivity index (χ4v) is 4.26. The Morgan fingerprint density at radius 1 is 1.03 bits per heavy atom. The Bertz CT molecular complexity index is 1380. The van der Waals surface area contributed by atoms with Crippen LogP contribution < -0.4 is 9.64 Å². The third kappa shape index (κ3) is 4.83. The minimum atomic E-state index is -4.65. The Labute approximate surface area is 206 Å². The van der Waals surface area contributed by atoms with Gasteiger partial charge in [-0.2, -0.15) is 13.2 Å². The van der Waals surface area contributed by atoms with Crippen LogP contribution in [0.15, 0.2) is 54.7 Å². The average molecular weight is 521 g/mol. The summed E-state index contributed by atoms with van der Waals surface area (Å²) in [6.07, 6.45) is -3.33. The number of carbonyl (C=O) groups excluding carboxylic acids is 2. The van der Waals surface area contributed by atoms with Gasteiger partial charge in [0.1, 0.15) is 11.6 Å². The highest BCUT2D eigenvalue weighted by Crippen LogP contribution is 2.38. The van der Waals surface area contributed by atoms with Crippen molar-refractivity contribution in [2.24, 2.45) is 0 Å². The van der Waals surface area contributed by atoms with Crippen LogP contribution in [0.2, 0.25) is 0 Å². The molecule has 2 aliphatic rings. The van der Waals surface area contributed by atoms with Gasteiger partial charge < -0.3 is 14.5 Å². The quantitative estimate of drug-likeness (QED) is 0.440. The molecular weight excluding hydrogens is 504 g/mol. The number of nitrogens with zero attached hydrogens (tertiary/aromatic N) is 3. The molecule has 0 N–H and O–H groups in total. The minimum Gasteiger partial charge on any atom is -0.483 e. The zero-order valence-electron chi connectivity index (χ0n) is 18.9. The molecule has 37 heavy (non-hydrogen) atoms. The highest BCUT2D eigenvalue weighted by atomic mass is 19.4. The van der Waals surface area contributed by atoms with Gasteiger partial charge in [-0.15, -0.1) is 0 Å². The number of benzene rings is 2. The van der Waals surface area contributed by atoms with Gasteiger partial charge in [0.15, 0.2) is 6.61 Å². The summed E-state index contributed by atoms with van der Waals surface area (Å²) in [5, 5.41) is 0. The van der Waals surface area contributed by atoms with E-state index in [1.807, 2.05) is 0 Å². The maximum atomic E-state index is 13.8. The lowest BCUT2D eigenvalue weighted by molar-refractivity contribution is -0.153. The third-order valence-electron chi connectivity index (χ3n) is 6.00. The van der Waals surface area contributed by atoms with E-state index in [0.717, 1.165) is 17.0 Å². The number of hydrogen-bond donors (Lipinski definition) is 0. The number of amides is 2. The van der Waals surface area contributed by atoms with Crippen LogP contribution in [0.5, 0.6) is 5.75 Å². The summed E-state index contributed by atoms with van der Waals surface area (Å²) in [7, 11) is 0. The number of hydrogen-bond acceptors (Lipinski definition) is 4. The minimum absolute atomic E-state index is 0.000925. The fraction of sp³-hybridized carbons (Fsp3) is 0.240. The average Bonchev–Trinajstić information content (AvgIpc) is 3.17. The summed E-state index contributed by atoms with van der Waals surface area (Å²) >= 11 is 0. The molecule has 2 amide bonds. The molecular formula is C25H17F6N3O3. The Morgan fingerprint density at radius 2 is 1.73 bits per heavy atom. The number of likely N-dealkylation sites (tertiary alicyclic amines) is 1. The second kappa shape index (κ2) is 8.79. The number of alkyl halides is 5. The van der Waals surface area contributed by atoms with E-state index in [0.29, 0.717) is 11.3 Å². The van der Waals surface area contributed by atoms with E-state index in [1.54, 1.807) is 0 Å². The molecule has 0 unspecified atom stereocenters. The van der Waals surface area contributed by atoms with Crippen LogP contribution in [0, 0.1) is 5.82 Å². The van der Waals surface area contributed by atoms with E-state index in [2.05, 4.69) is 4.98 Å². The van der Waals surface area contributed by atoms with Crippen LogP contribution in [-0.2, 0) is 6.54 Å². The zero-order valence-corrected chi connectivity index (χ0v) is 18.9. The summed E-state index contributed by atoms with van der Waals surface area (Å²) in [5.41, 5.74) is 1.49. The number of anilines is 1. The van der Waals surface area contributed by atoms with Gasteiger partial charge in [-0.3, -0.25) is 14.6 Å². The fourth-order valence-electron chi connectivity index (χ4n) is 4.26.